The van der Waals surface area contributed by atoms with E-state index in [0.717, 1.165) is 22.0 Å². The first-order valence-electron chi connectivity index (χ1n) is 11.4. The number of carbonyl (C=O) groups excluding carboxylic acids is 2. The van der Waals surface area contributed by atoms with Crippen molar-refractivity contribution in [2.45, 2.75) is 13.2 Å². The lowest BCUT2D eigenvalue weighted by Gasteiger charge is -2.11. The summed E-state index contributed by atoms with van der Waals surface area (Å²) in [4.78, 5) is 37.2. The van der Waals surface area contributed by atoms with Crippen LogP contribution in [0.1, 0.15) is 32.0 Å². The largest absolute Gasteiger partial charge is 0.486 e. The summed E-state index contributed by atoms with van der Waals surface area (Å²) in [6, 6.07) is 24.2. The van der Waals surface area contributed by atoms with Crippen molar-refractivity contribution >= 4 is 28.5 Å². The molecule has 0 aliphatic carbocycles. The second kappa shape index (κ2) is 10.5. The van der Waals surface area contributed by atoms with Gasteiger partial charge in [0, 0.05) is 36.0 Å². The van der Waals surface area contributed by atoms with Crippen LogP contribution in [0.5, 0.6) is 5.75 Å². The number of para-hydroxylation sites is 1. The Bertz CT molecular complexity index is 1510. The fourth-order valence-corrected chi connectivity index (χ4v) is 3.78. The lowest BCUT2D eigenvalue weighted by Crippen LogP contribution is -2.22. The highest BCUT2D eigenvalue weighted by Crippen LogP contribution is 2.20. The van der Waals surface area contributed by atoms with E-state index < -0.39 is 5.91 Å². The van der Waals surface area contributed by atoms with Crippen molar-refractivity contribution in [3.05, 3.63) is 120 Å². The second-order valence-electron chi connectivity index (χ2n) is 8.06. The highest BCUT2D eigenvalue weighted by atomic mass is 16.5. The molecule has 8 nitrogen and oxygen atoms in total. The molecule has 0 spiro atoms. The monoisotopic (exact) mass is 477 g/mol. The summed E-state index contributed by atoms with van der Waals surface area (Å²) in [5, 5.41) is 6.54. The Morgan fingerprint density at radius 2 is 1.67 bits per heavy atom. The summed E-state index contributed by atoms with van der Waals surface area (Å²) in [6.45, 7) is 0.593. The van der Waals surface area contributed by atoms with E-state index >= 15 is 0 Å². The number of benzene rings is 2. The molecule has 0 fully saturated rings. The van der Waals surface area contributed by atoms with Gasteiger partial charge in [0.05, 0.1) is 5.56 Å². The van der Waals surface area contributed by atoms with Gasteiger partial charge in [0.2, 0.25) is 0 Å². The summed E-state index contributed by atoms with van der Waals surface area (Å²) in [5.74, 6) is 0.0918. The number of fused-ring (bicyclic) bond motifs is 1. The van der Waals surface area contributed by atoms with Gasteiger partial charge in [-0.2, -0.15) is 0 Å². The molecule has 0 atom stereocenters. The molecule has 3 N–H and O–H groups in total. The molecule has 5 aromatic rings. The minimum atomic E-state index is -0.439. The van der Waals surface area contributed by atoms with Gasteiger partial charge in [-0.05, 0) is 41.5 Å². The lowest BCUT2D eigenvalue weighted by molar-refractivity contribution is 0.0951. The number of amides is 2. The maximum Gasteiger partial charge on any atom is 0.279 e. The summed E-state index contributed by atoms with van der Waals surface area (Å²) < 4.78 is 5.84. The van der Waals surface area contributed by atoms with Crippen molar-refractivity contribution in [3.63, 3.8) is 0 Å². The number of aromatic nitrogens is 3. The van der Waals surface area contributed by atoms with Crippen molar-refractivity contribution in [1.29, 1.82) is 0 Å². The van der Waals surface area contributed by atoms with Gasteiger partial charge >= 0.3 is 0 Å². The van der Waals surface area contributed by atoms with Gasteiger partial charge < -0.3 is 20.4 Å². The van der Waals surface area contributed by atoms with Crippen molar-refractivity contribution in [2.24, 2.45) is 0 Å². The van der Waals surface area contributed by atoms with Gasteiger partial charge in [-0.25, -0.2) is 9.97 Å². The molecule has 5 rings (SSSR count). The molecule has 3 aromatic heterocycles. The Kier molecular flexibility index (Phi) is 6.66. The van der Waals surface area contributed by atoms with E-state index in [1.165, 1.54) is 6.20 Å². The molecule has 8 heteroatoms. The number of carbonyl (C=O) groups is 2. The Hall–Kier alpha value is -4.98. The molecule has 0 radical (unpaired) electrons. The highest BCUT2D eigenvalue weighted by molar-refractivity contribution is 6.06. The first kappa shape index (κ1) is 22.8. The zero-order valence-corrected chi connectivity index (χ0v) is 19.3. The van der Waals surface area contributed by atoms with Gasteiger partial charge in [0.1, 0.15) is 12.4 Å². The Morgan fingerprint density at radius 1 is 0.833 bits per heavy atom. The average molecular weight is 478 g/mol. The van der Waals surface area contributed by atoms with Crippen molar-refractivity contribution in [3.8, 4) is 5.75 Å². The molecule has 3 heterocycles. The van der Waals surface area contributed by atoms with Gasteiger partial charge in [0.25, 0.3) is 11.8 Å². The summed E-state index contributed by atoms with van der Waals surface area (Å²) in [6.07, 6.45) is 4.81. The molecule has 178 valence electrons. The van der Waals surface area contributed by atoms with Crippen LogP contribution in [0.4, 0.5) is 5.82 Å². The standard InChI is InChI=1S/C28H23N5O3/c34-27(22-17-31-23-10-5-4-9-21(22)23)32-16-20-12-14-29-25(15-20)33-28(35)26-24(11-6-13-30-26)36-18-19-7-2-1-3-8-19/h1-15,17,31H,16,18H2,(H,32,34)(H,29,33,35). The van der Waals surface area contributed by atoms with Crippen molar-refractivity contribution < 1.29 is 14.3 Å². The van der Waals surface area contributed by atoms with E-state index in [0.29, 0.717) is 23.7 Å². The molecule has 0 bridgehead atoms. The predicted octanol–water partition coefficient (Wildman–Crippen LogP) is 4.72. The molecule has 36 heavy (non-hydrogen) atoms. The maximum atomic E-state index is 12.9. The van der Waals surface area contributed by atoms with Crippen LogP contribution < -0.4 is 15.4 Å². The number of nitrogens with zero attached hydrogens (tertiary/aromatic N) is 2. The first-order valence-corrected chi connectivity index (χ1v) is 11.4. The molecule has 0 saturated carbocycles. The maximum absolute atomic E-state index is 12.9. The number of pyridine rings is 2. The number of H-pyrrole nitrogens is 1. The van der Waals surface area contributed by atoms with Crippen LogP contribution in [-0.4, -0.2) is 26.8 Å². The highest BCUT2D eigenvalue weighted by Gasteiger charge is 2.16. The van der Waals surface area contributed by atoms with Crippen LogP contribution in [-0.2, 0) is 13.2 Å². The van der Waals surface area contributed by atoms with Gasteiger partial charge in [-0.15, -0.1) is 0 Å². The van der Waals surface area contributed by atoms with Gasteiger partial charge in [-0.1, -0.05) is 48.5 Å². The molecule has 0 aliphatic rings. The van der Waals surface area contributed by atoms with Crippen LogP contribution in [0.3, 0.4) is 0 Å². The van der Waals surface area contributed by atoms with Crippen LogP contribution in [0.2, 0.25) is 0 Å². The summed E-state index contributed by atoms with van der Waals surface area (Å²) >= 11 is 0. The van der Waals surface area contributed by atoms with Gasteiger partial charge in [0.15, 0.2) is 11.4 Å². The zero-order valence-electron chi connectivity index (χ0n) is 19.3. The fraction of sp³-hybridized carbons (Fsp3) is 0.0714. The minimum absolute atomic E-state index is 0.160. The number of hydrogen-bond donors (Lipinski definition) is 3. The third-order valence-corrected chi connectivity index (χ3v) is 5.58. The zero-order chi connectivity index (χ0) is 24.7. The first-order chi connectivity index (χ1) is 17.7. The van der Waals surface area contributed by atoms with Crippen LogP contribution in [0.15, 0.2) is 97.5 Å². The number of ether oxygens (including phenoxy) is 1. The Balaban J connectivity index is 1.23. The molecule has 0 saturated heterocycles. The summed E-state index contributed by atoms with van der Waals surface area (Å²) in [7, 11) is 0. The van der Waals surface area contributed by atoms with E-state index in [4.69, 9.17) is 4.74 Å². The lowest BCUT2D eigenvalue weighted by atomic mass is 10.1. The minimum Gasteiger partial charge on any atom is -0.486 e. The van der Waals surface area contributed by atoms with E-state index in [2.05, 4.69) is 25.6 Å². The number of hydrogen-bond acceptors (Lipinski definition) is 5. The molecule has 2 amide bonds. The van der Waals surface area contributed by atoms with Crippen LogP contribution in [0.25, 0.3) is 10.9 Å². The molecule has 0 unspecified atom stereocenters. The Labute approximate surface area is 207 Å². The quantitative estimate of drug-likeness (QED) is 0.300. The van der Waals surface area contributed by atoms with E-state index in [-0.39, 0.29) is 18.1 Å². The third kappa shape index (κ3) is 5.23. The van der Waals surface area contributed by atoms with Crippen molar-refractivity contribution in [2.75, 3.05) is 5.32 Å². The van der Waals surface area contributed by atoms with Crippen LogP contribution >= 0.6 is 0 Å². The normalized spacial score (nSPS) is 10.7. The molecule has 2 aromatic carbocycles. The van der Waals surface area contributed by atoms with E-state index in [9.17, 15) is 9.59 Å². The topological polar surface area (TPSA) is 109 Å². The molecular weight excluding hydrogens is 454 g/mol. The SMILES string of the molecule is O=C(Nc1cc(CNC(=O)c2c[nH]c3ccccc23)ccn1)c1ncccc1OCc1ccccc1. The number of anilines is 1. The number of nitrogens with one attached hydrogen (secondary N) is 3. The number of rotatable bonds is 8. The third-order valence-electron chi connectivity index (χ3n) is 5.58. The fourth-order valence-electron chi connectivity index (χ4n) is 3.78. The second-order valence-corrected chi connectivity index (χ2v) is 8.06. The average Bonchev–Trinajstić information content (AvgIpc) is 3.36. The Morgan fingerprint density at radius 3 is 2.56 bits per heavy atom. The van der Waals surface area contributed by atoms with Crippen LogP contribution in [0, 0.1) is 0 Å². The smallest absolute Gasteiger partial charge is 0.279 e. The van der Waals surface area contributed by atoms with Crippen molar-refractivity contribution in [1.82, 2.24) is 20.3 Å². The molecular formula is C28H23N5O3. The molecule has 0 aliphatic heterocycles. The predicted molar refractivity (Wildman–Crippen MR) is 137 cm³/mol. The van der Waals surface area contributed by atoms with Gasteiger partial charge in [-0.3, -0.25) is 9.59 Å². The summed E-state index contributed by atoms with van der Waals surface area (Å²) in [5.41, 5.74) is 3.41. The van der Waals surface area contributed by atoms with E-state index in [1.54, 1.807) is 36.7 Å². The van der Waals surface area contributed by atoms with E-state index in [1.807, 2.05) is 54.6 Å². The number of aromatic amines is 1.